The Morgan fingerprint density at radius 2 is 1.95 bits per heavy atom. The first-order chi connectivity index (χ1) is 17.8. The van der Waals surface area contributed by atoms with Crippen molar-refractivity contribution in [1.82, 2.24) is 34.5 Å². The zero-order chi connectivity index (χ0) is 26.1. The van der Waals surface area contributed by atoms with E-state index in [-0.39, 0.29) is 11.9 Å². The third-order valence-electron chi connectivity index (χ3n) is 6.90. The van der Waals surface area contributed by atoms with E-state index >= 15 is 0 Å². The largest absolute Gasteiger partial charge is 0.478 e. The van der Waals surface area contributed by atoms with E-state index in [4.69, 9.17) is 9.72 Å². The lowest BCUT2D eigenvalue weighted by atomic mass is 10.1. The zero-order valence-corrected chi connectivity index (χ0v) is 21.9. The van der Waals surface area contributed by atoms with Crippen molar-refractivity contribution in [3.05, 3.63) is 42.4 Å². The quantitative estimate of drug-likeness (QED) is 0.353. The Labute approximate surface area is 215 Å². The summed E-state index contributed by atoms with van der Waals surface area (Å²) >= 11 is 0. The highest BCUT2D eigenvalue weighted by Crippen LogP contribution is 2.34. The number of amides is 1. The van der Waals surface area contributed by atoms with Gasteiger partial charge in [-0.3, -0.25) is 14.4 Å². The number of aromatic amines is 1. The average Bonchev–Trinajstić information content (AvgIpc) is 3.48. The molecule has 37 heavy (non-hydrogen) atoms. The maximum Gasteiger partial charge on any atom is 0.256 e. The van der Waals surface area contributed by atoms with Crippen molar-refractivity contribution in [1.29, 1.82) is 0 Å². The zero-order valence-electron chi connectivity index (χ0n) is 21.9. The molecule has 1 aromatic carbocycles. The molecule has 1 atom stereocenters. The molecular formula is C26H33N9O2. The number of hydrogen-bond acceptors (Lipinski definition) is 8. The normalized spacial score (nSPS) is 15.6. The van der Waals surface area contributed by atoms with E-state index in [1.807, 2.05) is 51.5 Å². The van der Waals surface area contributed by atoms with Crippen LogP contribution in [0.1, 0.15) is 12.5 Å². The Kier molecular flexibility index (Phi) is 6.81. The van der Waals surface area contributed by atoms with Crippen LogP contribution in [0.15, 0.2) is 36.8 Å². The fourth-order valence-corrected chi connectivity index (χ4v) is 4.67. The minimum atomic E-state index is -0.208. The van der Waals surface area contributed by atoms with E-state index in [0.717, 1.165) is 59.6 Å². The highest BCUT2D eigenvalue weighted by atomic mass is 16.5. The fourth-order valence-electron chi connectivity index (χ4n) is 4.67. The van der Waals surface area contributed by atoms with Crippen LogP contribution in [-0.4, -0.2) is 86.8 Å². The van der Waals surface area contributed by atoms with Gasteiger partial charge in [0, 0.05) is 56.6 Å². The molecule has 1 fully saturated rings. The molecule has 1 saturated heterocycles. The third kappa shape index (κ3) is 5.00. The van der Waals surface area contributed by atoms with Gasteiger partial charge in [0.05, 0.1) is 36.2 Å². The maximum absolute atomic E-state index is 13.1. The predicted molar refractivity (Wildman–Crippen MR) is 144 cm³/mol. The van der Waals surface area contributed by atoms with Gasteiger partial charge < -0.3 is 25.3 Å². The summed E-state index contributed by atoms with van der Waals surface area (Å²) in [4.78, 5) is 30.2. The molecule has 0 saturated carbocycles. The van der Waals surface area contributed by atoms with Gasteiger partial charge in [-0.15, -0.1) is 5.10 Å². The molecule has 1 amide bonds. The lowest BCUT2D eigenvalue weighted by Crippen LogP contribution is -2.51. The number of carbonyl (C=O) groups is 1. The Morgan fingerprint density at radius 3 is 2.70 bits per heavy atom. The Morgan fingerprint density at radius 1 is 1.16 bits per heavy atom. The SMILES string of the molecule is COc1nn(C)cc1Nc1ncc(C)c(-c2c[nH]c3c(NC(=O)C(C)N4CCN(C)CC4)cccc23)n1. The molecule has 4 heterocycles. The molecule has 194 valence electrons. The monoisotopic (exact) mass is 503 g/mol. The van der Waals surface area contributed by atoms with Crippen LogP contribution in [0.4, 0.5) is 17.3 Å². The van der Waals surface area contributed by atoms with Gasteiger partial charge in [0.2, 0.25) is 11.9 Å². The molecule has 0 bridgehead atoms. The Bertz CT molecular complexity index is 1420. The summed E-state index contributed by atoms with van der Waals surface area (Å²) in [5.41, 5.74) is 4.94. The number of nitrogens with one attached hydrogen (secondary N) is 3. The second-order valence-electron chi connectivity index (χ2n) is 9.51. The second-order valence-corrected chi connectivity index (χ2v) is 9.51. The first-order valence-corrected chi connectivity index (χ1v) is 12.4. The summed E-state index contributed by atoms with van der Waals surface area (Å²) in [6, 6.07) is 5.69. The van der Waals surface area contributed by atoms with Crippen molar-refractivity contribution < 1.29 is 9.53 Å². The summed E-state index contributed by atoms with van der Waals surface area (Å²) in [5, 5.41) is 11.6. The van der Waals surface area contributed by atoms with Gasteiger partial charge in [-0.1, -0.05) is 12.1 Å². The van der Waals surface area contributed by atoms with Crippen LogP contribution in [0, 0.1) is 6.92 Å². The van der Waals surface area contributed by atoms with Gasteiger partial charge in [0.1, 0.15) is 5.69 Å². The van der Waals surface area contributed by atoms with E-state index in [0.29, 0.717) is 17.5 Å². The number of benzene rings is 1. The minimum Gasteiger partial charge on any atom is -0.478 e. The van der Waals surface area contributed by atoms with Crippen LogP contribution >= 0.6 is 0 Å². The number of methoxy groups -OCH3 is 1. The number of H-pyrrole nitrogens is 1. The van der Waals surface area contributed by atoms with Gasteiger partial charge >= 0.3 is 0 Å². The molecule has 1 aliphatic heterocycles. The fraction of sp³-hybridized carbons (Fsp3) is 0.385. The van der Waals surface area contributed by atoms with Crippen molar-refractivity contribution in [2.24, 2.45) is 7.05 Å². The summed E-state index contributed by atoms with van der Waals surface area (Å²) in [6.45, 7) is 7.65. The molecule has 3 aromatic heterocycles. The van der Waals surface area contributed by atoms with E-state index in [1.165, 1.54) is 0 Å². The number of para-hydroxylation sites is 1. The van der Waals surface area contributed by atoms with E-state index < -0.39 is 0 Å². The Hall–Kier alpha value is -3.96. The third-order valence-corrected chi connectivity index (χ3v) is 6.90. The standard InChI is InChI=1S/C26H33N9O2/c1-16-13-28-26(30-21-15-34(4)32-25(21)37-5)31-22(16)19-14-27-23-18(19)7-6-8-20(23)29-24(36)17(2)35-11-9-33(3)10-12-35/h6-8,13-15,17,27H,9-12H2,1-5H3,(H,29,36)(H,28,30,31). The van der Waals surface area contributed by atoms with Crippen molar-refractivity contribution >= 4 is 34.1 Å². The molecule has 0 radical (unpaired) electrons. The number of anilines is 3. The van der Waals surface area contributed by atoms with Crippen LogP contribution in [0.3, 0.4) is 0 Å². The van der Waals surface area contributed by atoms with Crippen LogP contribution < -0.4 is 15.4 Å². The molecule has 1 unspecified atom stereocenters. The van der Waals surface area contributed by atoms with Gasteiger partial charge in [0.25, 0.3) is 5.88 Å². The molecule has 4 aromatic rings. The second kappa shape index (κ2) is 10.2. The van der Waals surface area contributed by atoms with Crippen LogP contribution in [-0.2, 0) is 11.8 Å². The number of aromatic nitrogens is 5. The molecule has 11 heteroatoms. The molecule has 0 spiro atoms. The molecule has 5 rings (SSSR count). The van der Waals surface area contributed by atoms with Crippen molar-refractivity contribution in [2.75, 3.05) is 51.0 Å². The molecule has 0 aliphatic carbocycles. The average molecular weight is 504 g/mol. The summed E-state index contributed by atoms with van der Waals surface area (Å²) in [7, 11) is 5.51. The van der Waals surface area contributed by atoms with Crippen molar-refractivity contribution in [2.45, 2.75) is 19.9 Å². The van der Waals surface area contributed by atoms with Crippen molar-refractivity contribution in [3.8, 4) is 17.1 Å². The lowest BCUT2D eigenvalue weighted by Gasteiger charge is -2.35. The number of piperazine rings is 1. The number of aryl methyl sites for hydroxylation is 2. The number of carbonyl (C=O) groups excluding carboxylic acids is 1. The summed E-state index contributed by atoms with van der Waals surface area (Å²) < 4.78 is 7.00. The van der Waals surface area contributed by atoms with Gasteiger partial charge in [-0.25, -0.2) is 9.97 Å². The highest BCUT2D eigenvalue weighted by molar-refractivity contribution is 6.06. The smallest absolute Gasteiger partial charge is 0.256 e. The van der Waals surface area contributed by atoms with E-state index in [1.54, 1.807) is 18.0 Å². The number of ether oxygens (including phenoxy) is 1. The molecular weight excluding hydrogens is 470 g/mol. The highest BCUT2D eigenvalue weighted by Gasteiger charge is 2.25. The number of rotatable bonds is 7. The first kappa shape index (κ1) is 24.7. The molecule has 1 aliphatic rings. The Balaban J connectivity index is 1.40. The first-order valence-electron chi connectivity index (χ1n) is 12.4. The topological polar surface area (TPSA) is 116 Å². The number of hydrogen-bond donors (Lipinski definition) is 3. The molecule has 3 N–H and O–H groups in total. The maximum atomic E-state index is 13.1. The summed E-state index contributed by atoms with van der Waals surface area (Å²) in [5.74, 6) is 0.890. The van der Waals surface area contributed by atoms with E-state index in [2.05, 4.69) is 42.5 Å². The number of likely N-dealkylation sites (N-methyl/N-ethyl adjacent to an activating group) is 1. The van der Waals surface area contributed by atoms with Crippen LogP contribution in [0.2, 0.25) is 0 Å². The minimum absolute atomic E-state index is 0.0108. The lowest BCUT2D eigenvalue weighted by molar-refractivity contribution is -0.121. The van der Waals surface area contributed by atoms with E-state index in [9.17, 15) is 4.79 Å². The molecule has 11 nitrogen and oxygen atoms in total. The van der Waals surface area contributed by atoms with Gasteiger partial charge in [0.15, 0.2) is 0 Å². The van der Waals surface area contributed by atoms with Crippen molar-refractivity contribution in [3.63, 3.8) is 0 Å². The predicted octanol–water partition coefficient (Wildman–Crippen LogP) is 2.99. The summed E-state index contributed by atoms with van der Waals surface area (Å²) in [6.07, 6.45) is 5.52. The van der Waals surface area contributed by atoms with Gasteiger partial charge in [-0.2, -0.15) is 0 Å². The van der Waals surface area contributed by atoms with Crippen LogP contribution in [0.25, 0.3) is 22.2 Å². The van der Waals surface area contributed by atoms with Gasteiger partial charge in [-0.05, 0) is 32.5 Å². The number of nitrogens with zero attached hydrogens (tertiary/aromatic N) is 6. The van der Waals surface area contributed by atoms with Crippen LogP contribution in [0.5, 0.6) is 5.88 Å². The number of fused-ring (bicyclic) bond motifs is 1.